The summed E-state index contributed by atoms with van der Waals surface area (Å²) in [6.07, 6.45) is -2.87. The lowest BCUT2D eigenvalue weighted by Crippen LogP contribution is -2.30. The van der Waals surface area contributed by atoms with E-state index in [2.05, 4.69) is 5.32 Å². The lowest BCUT2D eigenvalue weighted by molar-refractivity contribution is -0.115. The monoisotopic (exact) mass is 431 g/mol. The highest BCUT2D eigenvalue weighted by Gasteiger charge is 2.21. The average molecular weight is 432 g/mol. The predicted octanol–water partition coefficient (Wildman–Crippen LogP) is 2.16. The molecule has 0 bridgehead atoms. The lowest BCUT2D eigenvalue weighted by Gasteiger charge is -2.12. The van der Waals surface area contributed by atoms with Crippen molar-refractivity contribution in [2.75, 3.05) is 11.9 Å². The third-order valence-electron chi connectivity index (χ3n) is 3.54. The van der Waals surface area contributed by atoms with Crippen LogP contribution in [-0.4, -0.2) is 33.2 Å². The quantitative estimate of drug-likeness (QED) is 0.622. The molecule has 0 heterocycles. The first-order valence-corrected chi connectivity index (χ1v) is 9.77. The molecule has 0 spiro atoms. The molecule has 0 radical (unpaired) electrons. The van der Waals surface area contributed by atoms with Crippen molar-refractivity contribution < 1.29 is 26.8 Å². The number of primary sulfonamides is 1. The van der Waals surface area contributed by atoms with Crippen LogP contribution in [0.25, 0.3) is 0 Å². The summed E-state index contributed by atoms with van der Waals surface area (Å²) in [5.74, 6) is -1.51. The van der Waals surface area contributed by atoms with Crippen molar-refractivity contribution >= 4 is 39.1 Å². The Bertz CT molecular complexity index is 1000. The van der Waals surface area contributed by atoms with Crippen molar-refractivity contribution in [3.05, 3.63) is 58.6 Å². The molecule has 28 heavy (non-hydrogen) atoms. The summed E-state index contributed by atoms with van der Waals surface area (Å²) < 4.78 is 48.1. The lowest BCUT2D eigenvalue weighted by atomic mass is 10.1. The number of hydrogen-bond acceptors (Lipinski definition) is 4. The van der Waals surface area contributed by atoms with Crippen LogP contribution in [0.1, 0.15) is 15.9 Å². The molecular formula is C17H16ClF2N3O4S. The first-order chi connectivity index (χ1) is 13.1. The zero-order chi connectivity index (χ0) is 20.9. The predicted molar refractivity (Wildman–Crippen MR) is 99.9 cm³/mol. The minimum absolute atomic E-state index is 0.0616. The van der Waals surface area contributed by atoms with Crippen LogP contribution in [-0.2, 0) is 21.2 Å². The third-order valence-corrected chi connectivity index (χ3v) is 4.86. The molecule has 2 aromatic carbocycles. The van der Waals surface area contributed by atoms with E-state index in [-0.39, 0.29) is 12.1 Å². The summed E-state index contributed by atoms with van der Waals surface area (Å²) in [5.41, 5.74) is 0.218. The fourth-order valence-electron chi connectivity index (χ4n) is 2.31. The number of nitrogens with one attached hydrogen (secondary N) is 2. The van der Waals surface area contributed by atoms with E-state index in [1.165, 1.54) is 6.07 Å². The van der Waals surface area contributed by atoms with E-state index in [1.807, 2.05) is 5.32 Å². The van der Waals surface area contributed by atoms with Gasteiger partial charge in [-0.3, -0.25) is 9.59 Å². The minimum Gasteiger partial charge on any atom is -0.346 e. The van der Waals surface area contributed by atoms with Gasteiger partial charge in [-0.1, -0.05) is 29.8 Å². The number of halogens is 3. The van der Waals surface area contributed by atoms with Crippen LogP contribution in [0, 0.1) is 0 Å². The van der Waals surface area contributed by atoms with Gasteiger partial charge in [0.1, 0.15) is 0 Å². The van der Waals surface area contributed by atoms with Crippen LogP contribution in [0.3, 0.4) is 0 Å². The smallest absolute Gasteiger partial charge is 0.255 e. The van der Waals surface area contributed by atoms with Gasteiger partial charge in [-0.25, -0.2) is 22.3 Å². The average Bonchev–Trinajstić information content (AvgIpc) is 2.60. The van der Waals surface area contributed by atoms with Crippen LogP contribution in [0.4, 0.5) is 14.5 Å². The van der Waals surface area contributed by atoms with Crippen LogP contribution >= 0.6 is 11.6 Å². The summed E-state index contributed by atoms with van der Waals surface area (Å²) in [7, 11) is -4.36. The van der Waals surface area contributed by atoms with Crippen molar-refractivity contribution in [2.45, 2.75) is 17.7 Å². The molecule has 7 nitrogen and oxygen atoms in total. The summed E-state index contributed by atoms with van der Waals surface area (Å²) in [6, 6.07) is 10.0. The van der Waals surface area contributed by atoms with E-state index in [0.717, 1.165) is 12.1 Å². The number of benzene rings is 2. The van der Waals surface area contributed by atoms with E-state index >= 15 is 0 Å². The number of carbonyl (C=O) groups excluding carboxylic acids is 2. The number of rotatable bonds is 7. The van der Waals surface area contributed by atoms with Crippen molar-refractivity contribution in [3.63, 3.8) is 0 Å². The first kappa shape index (κ1) is 21.7. The molecule has 0 fully saturated rings. The number of sulfonamides is 1. The zero-order valence-electron chi connectivity index (χ0n) is 14.3. The number of carbonyl (C=O) groups is 2. The molecule has 2 aromatic rings. The second-order valence-corrected chi connectivity index (χ2v) is 7.61. The van der Waals surface area contributed by atoms with Crippen LogP contribution in [0.5, 0.6) is 0 Å². The molecule has 0 saturated heterocycles. The van der Waals surface area contributed by atoms with Gasteiger partial charge in [0.05, 0.1) is 23.4 Å². The normalized spacial score (nSPS) is 11.3. The highest BCUT2D eigenvalue weighted by molar-refractivity contribution is 7.89. The van der Waals surface area contributed by atoms with E-state index < -0.39 is 45.3 Å². The molecule has 0 unspecified atom stereocenters. The van der Waals surface area contributed by atoms with Gasteiger partial charge in [0, 0.05) is 10.7 Å². The van der Waals surface area contributed by atoms with Gasteiger partial charge in [-0.05, 0) is 29.8 Å². The van der Waals surface area contributed by atoms with Gasteiger partial charge < -0.3 is 10.6 Å². The fraction of sp³-hybridized carbons (Fsp3) is 0.176. The van der Waals surface area contributed by atoms with E-state index in [1.54, 1.807) is 24.3 Å². The molecule has 2 amide bonds. The molecular weight excluding hydrogens is 416 g/mol. The van der Waals surface area contributed by atoms with Gasteiger partial charge in [0.2, 0.25) is 15.9 Å². The maximum Gasteiger partial charge on any atom is 0.255 e. The number of amides is 2. The van der Waals surface area contributed by atoms with Crippen LogP contribution < -0.4 is 15.8 Å². The Morgan fingerprint density at radius 2 is 1.82 bits per heavy atom. The zero-order valence-corrected chi connectivity index (χ0v) is 15.9. The van der Waals surface area contributed by atoms with E-state index in [9.17, 15) is 26.8 Å². The second kappa shape index (κ2) is 9.09. The summed E-state index contributed by atoms with van der Waals surface area (Å²) >= 11 is 5.99. The molecule has 2 rings (SSSR count). The Kier molecular flexibility index (Phi) is 7.05. The minimum atomic E-state index is -4.36. The maximum atomic E-state index is 12.2. The standard InChI is InChI=1S/C17H16ClF2N3O4S/c18-13-4-2-1-3-10(13)7-16(24)23-11-5-6-12(14(8-11)28(21,26)27)17(25)22-9-15(19)20/h1-6,8,15H,7,9H2,(H,22,25)(H,23,24)(H2,21,26,27). The number of anilines is 1. The van der Waals surface area contributed by atoms with Gasteiger partial charge in [-0.15, -0.1) is 0 Å². The second-order valence-electron chi connectivity index (χ2n) is 5.67. The molecule has 0 atom stereocenters. The fourth-order valence-corrected chi connectivity index (χ4v) is 3.27. The molecule has 0 saturated carbocycles. The van der Waals surface area contributed by atoms with Crippen molar-refractivity contribution in [1.82, 2.24) is 5.32 Å². The molecule has 0 aliphatic carbocycles. The Morgan fingerprint density at radius 1 is 1.14 bits per heavy atom. The molecule has 11 heteroatoms. The van der Waals surface area contributed by atoms with Gasteiger partial charge >= 0.3 is 0 Å². The summed E-state index contributed by atoms with van der Waals surface area (Å²) in [6.45, 7) is -0.945. The van der Waals surface area contributed by atoms with Crippen molar-refractivity contribution in [1.29, 1.82) is 0 Å². The van der Waals surface area contributed by atoms with Crippen LogP contribution in [0.15, 0.2) is 47.4 Å². The summed E-state index contributed by atoms with van der Waals surface area (Å²) in [5, 5.41) is 9.88. The molecule has 0 aromatic heterocycles. The largest absolute Gasteiger partial charge is 0.346 e. The number of nitrogens with two attached hydrogens (primary N) is 1. The van der Waals surface area contributed by atoms with Gasteiger partial charge in [0.25, 0.3) is 12.3 Å². The first-order valence-electron chi connectivity index (χ1n) is 7.84. The molecule has 0 aliphatic rings. The third kappa shape index (κ3) is 5.98. The van der Waals surface area contributed by atoms with Gasteiger partial charge in [-0.2, -0.15) is 0 Å². The van der Waals surface area contributed by atoms with Crippen LogP contribution in [0.2, 0.25) is 5.02 Å². The van der Waals surface area contributed by atoms with Crippen molar-refractivity contribution in [2.24, 2.45) is 5.14 Å². The highest BCUT2D eigenvalue weighted by atomic mass is 35.5. The Hall–Kier alpha value is -2.56. The Balaban J connectivity index is 2.23. The summed E-state index contributed by atoms with van der Waals surface area (Å²) in [4.78, 5) is 23.5. The van der Waals surface area contributed by atoms with E-state index in [0.29, 0.717) is 10.6 Å². The van der Waals surface area contributed by atoms with Crippen molar-refractivity contribution in [3.8, 4) is 0 Å². The Morgan fingerprint density at radius 3 is 2.43 bits per heavy atom. The number of alkyl halides is 2. The van der Waals surface area contributed by atoms with E-state index in [4.69, 9.17) is 16.7 Å². The van der Waals surface area contributed by atoms with Gasteiger partial charge in [0.15, 0.2) is 0 Å². The Labute approximate surface area is 164 Å². The molecule has 0 aliphatic heterocycles. The SMILES string of the molecule is NS(=O)(=O)c1cc(NC(=O)Cc2ccccc2Cl)ccc1C(=O)NCC(F)F. The number of hydrogen-bond donors (Lipinski definition) is 3. The molecule has 150 valence electrons. The topological polar surface area (TPSA) is 118 Å². The highest BCUT2D eigenvalue weighted by Crippen LogP contribution is 2.21. The molecule has 4 N–H and O–H groups in total. The maximum absolute atomic E-state index is 12.2.